The molecule has 2 saturated heterocycles. The van der Waals surface area contributed by atoms with E-state index in [-0.39, 0.29) is 5.92 Å². The first kappa shape index (κ1) is 16.7. The molecule has 0 aromatic carbocycles. The van der Waals surface area contributed by atoms with Crippen molar-refractivity contribution in [2.45, 2.75) is 19.8 Å². The third-order valence-corrected chi connectivity index (χ3v) is 6.38. The third-order valence-electron chi connectivity index (χ3n) is 5.48. The van der Waals surface area contributed by atoms with Crippen LogP contribution < -0.4 is 4.90 Å². The first-order valence-electron chi connectivity index (χ1n) is 9.03. The van der Waals surface area contributed by atoms with Gasteiger partial charge in [0.2, 0.25) is 5.91 Å². The van der Waals surface area contributed by atoms with Crippen LogP contribution in [0.4, 0.5) is 5.82 Å². The Morgan fingerprint density at radius 1 is 1.24 bits per heavy atom. The Morgan fingerprint density at radius 2 is 2.00 bits per heavy atom. The Morgan fingerprint density at radius 3 is 2.76 bits per heavy atom. The van der Waals surface area contributed by atoms with Crippen LogP contribution >= 0.6 is 11.3 Å². The zero-order valence-corrected chi connectivity index (χ0v) is 15.4. The van der Waals surface area contributed by atoms with Gasteiger partial charge in [-0.2, -0.15) is 0 Å². The van der Waals surface area contributed by atoms with Crippen molar-refractivity contribution in [1.82, 2.24) is 14.9 Å². The lowest BCUT2D eigenvalue weighted by Crippen LogP contribution is -2.51. The summed E-state index contributed by atoms with van der Waals surface area (Å²) in [5.41, 5.74) is 1.00. The average Bonchev–Trinajstić information content (AvgIpc) is 3.16. The molecule has 4 rings (SSSR count). The number of carbonyl (C=O) groups excluding carboxylic acids is 1. The zero-order valence-electron chi connectivity index (χ0n) is 14.6. The Kier molecular flexibility index (Phi) is 4.85. The highest BCUT2D eigenvalue weighted by molar-refractivity contribution is 7.17. The number of hydrogen-bond donors (Lipinski definition) is 0. The first-order chi connectivity index (χ1) is 12.2. The van der Waals surface area contributed by atoms with Gasteiger partial charge >= 0.3 is 0 Å². The fourth-order valence-electron chi connectivity index (χ4n) is 3.85. The van der Waals surface area contributed by atoms with E-state index in [9.17, 15) is 4.79 Å². The number of piperazine rings is 1. The van der Waals surface area contributed by atoms with Crippen LogP contribution in [0.3, 0.4) is 0 Å². The Labute approximate surface area is 151 Å². The molecule has 4 heterocycles. The van der Waals surface area contributed by atoms with Gasteiger partial charge in [-0.25, -0.2) is 9.97 Å². The Hall–Kier alpha value is -1.73. The second-order valence-electron chi connectivity index (χ2n) is 6.88. The molecule has 2 aliphatic rings. The molecule has 7 heteroatoms. The number of rotatable bonds is 3. The van der Waals surface area contributed by atoms with Crippen LogP contribution in [-0.4, -0.2) is 60.2 Å². The van der Waals surface area contributed by atoms with Gasteiger partial charge in [-0.3, -0.25) is 4.79 Å². The van der Waals surface area contributed by atoms with Gasteiger partial charge < -0.3 is 14.5 Å². The Balaban J connectivity index is 1.39. The summed E-state index contributed by atoms with van der Waals surface area (Å²) in [6.07, 6.45) is 3.64. The van der Waals surface area contributed by atoms with E-state index in [1.165, 1.54) is 0 Å². The van der Waals surface area contributed by atoms with Crippen LogP contribution in [0.2, 0.25) is 0 Å². The molecule has 0 bridgehead atoms. The van der Waals surface area contributed by atoms with Crippen molar-refractivity contribution in [2.24, 2.45) is 11.8 Å². The van der Waals surface area contributed by atoms with Crippen LogP contribution in [0.25, 0.3) is 10.2 Å². The number of aromatic nitrogens is 2. The highest BCUT2D eigenvalue weighted by Gasteiger charge is 2.31. The normalized spacial score (nSPS) is 20.8. The molecule has 2 aliphatic heterocycles. The molecule has 0 radical (unpaired) electrons. The maximum Gasteiger partial charge on any atom is 0.225 e. The van der Waals surface area contributed by atoms with Gasteiger partial charge in [0.1, 0.15) is 12.1 Å². The monoisotopic (exact) mass is 360 g/mol. The Bertz CT molecular complexity index is 736. The SMILES string of the molecule is CC(C(=O)N1CCN(c2ncnc3ccsc23)CC1)C1CCOCC1. The maximum absolute atomic E-state index is 12.9. The molecule has 0 N–H and O–H groups in total. The van der Waals surface area contributed by atoms with E-state index in [1.54, 1.807) is 17.7 Å². The number of anilines is 1. The van der Waals surface area contributed by atoms with Gasteiger partial charge in [0.15, 0.2) is 0 Å². The fourth-order valence-corrected chi connectivity index (χ4v) is 4.71. The number of ether oxygens (including phenoxy) is 1. The van der Waals surface area contributed by atoms with Gasteiger partial charge in [0.05, 0.1) is 10.2 Å². The van der Waals surface area contributed by atoms with Gasteiger partial charge in [0, 0.05) is 45.3 Å². The molecule has 0 saturated carbocycles. The summed E-state index contributed by atoms with van der Waals surface area (Å²) in [6.45, 7) is 6.87. The first-order valence-corrected chi connectivity index (χ1v) is 9.91. The van der Waals surface area contributed by atoms with Crippen LogP contribution in [0.1, 0.15) is 19.8 Å². The molecule has 2 aromatic rings. The minimum absolute atomic E-state index is 0.0958. The van der Waals surface area contributed by atoms with E-state index >= 15 is 0 Å². The van der Waals surface area contributed by atoms with Crippen molar-refractivity contribution in [3.8, 4) is 0 Å². The molecule has 1 atom stereocenters. The van der Waals surface area contributed by atoms with Crippen molar-refractivity contribution < 1.29 is 9.53 Å². The largest absolute Gasteiger partial charge is 0.381 e. The molecule has 2 aromatic heterocycles. The lowest BCUT2D eigenvalue weighted by Gasteiger charge is -2.38. The van der Waals surface area contributed by atoms with Crippen LogP contribution in [0, 0.1) is 11.8 Å². The van der Waals surface area contributed by atoms with Crippen molar-refractivity contribution >= 4 is 33.3 Å². The van der Waals surface area contributed by atoms with E-state index < -0.39 is 0 Å². The summed E-state index contributed by atoms with van der Waals surface area (Å²) in [7, 11) is 0. The molecule has 25 heavy (non-hydrogen) atoms. The van der Waals surface area contributed by atoms with E-state index in [1.807, 2.05) is 11.0 Å². The second kappa shape index (κ2) is 7.25. The molecular weight excluding hydrogens is 336 g/mol. The third kappa shape index (κ3) is 3.35. The topological polar surface area (TPSA) is 58.6 Å². The summed E-state index contributed by atoms with van der Waals surface area (Å²) in [6, 6.07) is 2.03. The summed E-state index contributed by atoms with van der Waals surface area (Å²) in [5, 5.41) is 2.05. The summed E-state index contributed by atoms with van der Waals surface area (Å²) in [5.74, 6) is 1.87. The van der Waals surface area contributed by atoms with E-state index in [4.69, 9.17) is 4.74 Å². The molecule has 2 fully saturated rings. The highest BCUT2D eigenvalue weighted by Crippen LogP contribution is 2.29. The summed E-state index contributed by atoms with van der Waals surface area (Å²) < 4.78 is 6.56. The summed E-state index contributed by atoms with van der Waals surface area (Å²) >= 11 is 1.68. The fraction of sp³-hybridized carbons (Fsp3) is 0.611. The smallest absolute Gasteiger partial charge is 0.225 e. The number of amides is 1. The molecule has 0 spiro atoms. The zero-order chi connectivity index (χ0) is 17.2. The predicted molar refractivity (Wildman–Crippen MR) is 98.9 cm³/mol. The molecule has 6 nitrogen and oxygen atoms in total. The molecule has 134 valence electrons. The van der Waals surface area contributed by atoms with Crippen LogP contribution in [0.15, 0.2) is 17.8 Å². The van der Waals surface area contributed by atoms with Gasteiger partial charge in [-0.15, -0.1) is 11.3 Å². The highest BCUT2D eigenvalue weighted by atomic mass is 32.1. The van der Waals surface area contributed by atoms with E-state index in [0.29, 0.717) is 11.8 Å². The second-order valence-corrected chi connectivity index (χ2v) is 7.80. The average molecular weight is 360 g/mol. The quantitative estimate of drug-likeness (QED) is 0.841. The lowest BCUT2D eigenvalue weighted by atomic mass is 9.86. The van der Waals surface area contributed by atoms with Gasteiger partial charge in [-0.05, 0) is 30.2 Å². The molecule has 1 unspecified atom stereocenters. The minimum Gasteiger partial charge on any atom is -0.381 e. The lowest BCUT2D eigenvalue weighted by molar-refractivity contribution is -0.138. The molecular formula is C18H24N4O2S. The number of nitrogens with zero attached hydrogens (tertiary/aromatic N) is 4. The van der Waals surface area contributed by atoms with Gasteiger partial charge in [0.25, 0.3) is 0 Å². The van der Waals surface area contributed by atoms with E-state index in [2.05, 4.69) is 27.2 Å². The van der Waals surface area contributed by atoms with Crippen LogP contribution in [-0.2, 0) is 9.53 Å². The number of fused-ring (bicyclic) bond motifs is 1. The van der Waals surface area contributed by atoms with Crippen molar-refractivity contribution in [3.05, 3.63) is 17.8 Å². The van der Waals surface area contributed by atoms with Crippen molar-refractivity contribution in [3.63, 3.8) is 0 Å². The van der Waals surface area contributed by atoms with Crippen molar-refractivity contribution in [1.29, 1.82) is 0 Å². The molecule has 0 aliphatic carbocycles. The minimum atomic E-state index is 0.0958. The number of thiophene rings is 1. The predicted octanol–water partition coefficient (Wildman–Crippen LogP) is 2.40. The molecule has 1 amide bonds. The number of carbonyl (C=O) groups is 1. The van der Waals surface area contributed by atoms with E-state index in [0.717, 1.165) is 68.3 Å². The van der Waals surface area contributed by atoms with Crippen molar-refractivity contribution in [2.75, 3.05) is 44.3 Å². The van der Waals surface area contributed by atoms with Crippen LogP contribution in [0.5, 0.6) is 0 Å². The van der Waals surface area contributed by atoms with Gasteiger partial charge in [-0.1, -0.05) is 6.92 Å². The summed E-state index contributed by atoms with van der Waals surface area (Å²) in [4.78, 5) is 26.0. The maximum atomic E-state index is 12.9. The standard InChI is InChI=1S/C18H24N4O2S/c1-13(14-2-9-24-10-3-14)18(23)22-7-5-21(6-8-22)17-16-15(4-11-25-16)19-12-20-17/h4,11-14H,2-3,5-10H2,1H3. The number of hydrogen-bond acceptors (Lipinski definition) is 6.